The molecule has 0 aromatic carbocycles. The maximum Gasteiger partial charge on any atom is 0.357 e. The van der Waals surface area contributed by atoms with E-state index in [0.717, 1.165) is 0 Å². The fourth-order valence-electron chi connectivity index (χ4n) is 0.651. The zero-order valence-electron chi connectivity index (χ0n) is 6.15. The lowest BCUT2D eigenvalue weighted by Crippen LogP contribution is -2.03. The number of hydrogen-bond donors (Lipinski definition) is 0. The van der Waals surface area contributed by atoms with E-state index in [4.69, 9.17) is 0 Å². The smallest absolute Gasteiger partial charge is 0.357 e. The van der Waals surface area contributed by atoms with E-state index in [2.05, 4.69) is 9.72 Å². The van der Waals surface area contributed by atoms with E-state index in [1.807, 2.05) is 0 Å². The molecule has 3 nitrogen and oxygen atoms in total. The predicted octanol–water partition coefficient (Wildman–Crippen LogP) is 1.42. The Morgan fingerprint density at radius 3 is 3.00 bits per heavy atom. The van der Waals surface area contributed by atoms with E-state index < -0.39 is 5.97 Å². The van der Waals surface area contributed by atoms with Crippen LogP contribution in [-0.2, 0) is 4.74 Å². The summed E-state index contributed by atoms with van der Waals surface area (Å²) in [6.07, 6.45) is 1.55. The quantitative estimate of drug-likeness (QED) is 0.598. The molecule has 1 radical (unpaired) electrons. The Morgan fingerprint density at radius 2 is 2.45 bits per heavy atom. The van der Waals surface area contributed by atoms with Crippen molar-refractivity contribution in [3.63, 3.8) is 0 Å². The lowest BCUT2D eigenvalue weighted by molar-refractivity contribution is 0.0606. The Morgan fingerprint density at radius 1 is 1.64 bits per heavy atom. The number of aromatic nitrogens is 1. The van der Waals surface area contributed by atoms with Gasteiger partial charge in [-0.2, -0.15) is 0 Å². The van der Waals surface area contributed by atoms with Crippen molar-refractivity contribution in [1.82, 2.24) is 4.98 Å². The first-order chi connectivity index (χ1) is 5.34. The Hall–Kier alpha value is -1.38. The van der Waals surface area contributed by atoms with E-state index in [-0.39, 0.29) is 0 Å². The highest BCUT2D eigenvalue weighted by Gasteiger charge is 2.04. The summed E-state index contributed by atoms with van der Waals surface area (Å²) in [6, 6.07) is 5.08. The number of hydrogen-bond acceptors (Lipinski definition) is 3. The second-order valence-electron chi connectivity index (χ2n) is 1.86. The topological polar surface area (TPSA) is 39.2 Å². The molecule has 0 aliphatic rings. The molecule has 0 aliphatic carbocycles. The fraction of sp³-hybridized carbons (Fsp3) is 0.125. The minimum atomic E-state index is -0.423. The summed E-state index contributed by atoms with van der Waals surface area (Å²) in [4.78, 5) is 14.7. The lowest BCUT2D eigenvalue weighted by atomic mass is 10.4. The van der Waals surface area contributed by atoms with Gasteiger partial charge >= 0.3 is 5.97 Å². The van der Waals surface area contributed by atoms with Crippen LogP contribution >= 0.6 is 0 Å². The van der Waals surface area contributed by atoms with Crippen LogP contribution in [0.15, 0.2) is 24.4 Å². The summed E-state index contributed by atoms with van der Waals surface area (Å²) in [5.41, 5.74) is 0.325. The molecule has 11 heavy (non-hydrogen) atoms. The van der Waals surface area contributed by atoms with Gasteiger partial charge in [-0.15, -0.1) is 0 Å². The zero-order valence-corrected chi connectivity index (χ0v) is 6.15. The summed E-state index contributed by atoms with van der Waals surface area (Å²) in [6.45, 7) is 2.97. The third kappa shape index (κ3) is 2.04. The van der Waals surface area contributed by atoms with Gasteiger partial charge in [0.15, 0.2) is 0 Å². The van der Waals surface area contributed by atoms with Gasteiger partial charge < -0.3 is 4.74 Å². The summed E-state index contributed by atoms with van der Waals surface area (Å²) >= 11 is 0. The number of rotatable bonds is 2. The zero-order chi connectivity index (χ0) is 8.10. The third-order valence-corrected chi connectivity index (χ3v) is 1.10. The first-order valence-electron chi connectivity index (χ1n) is 3.24. The number of pyridine rings is 1. The average molecular weight is 150 g/mol. The molecule has 0 amide bonds. The molecule has 57 valence electrons. The number of ether oxygens (including phenoxy) is 1. The average Bonchev–Trinajstić information content (AvgIpc) is 2.07. The molecule has 0 bridgehead atoms. The van der Waals surface area contributed by atoms with Crippen LogP contribution < -0.4 is 0 Å². The van der Waals surface area contributed by atoms with E-state index in [1.165, 1.54) is 6.61 Å². The van der Waals surface area contributed by atoms with E-state index in [9.17, 15) is 4.79 Å². The van der Waals surface area contributed by atoms with Crippen LogP contribution in [0.3, 0.4) is 0 Å². The van der Waals surface area contributed by atoms with Gasteiger partial charge in [0.2, 0.25) is 0 Å². The summed E-state index contributed by atoms with van der Waals surface area (Å²) in [7, 11) is 0. The van der Waals surface area contributed by atoms with Gasteiger partial charge in [0.05, 0.1) is 0 Å². The molecule has 0 fully saturated rings. The van der Waals surface area contributed by atoms with E-state index in [0.29, 0.717) is 5.69 Å². The highest BCUT2D eigenvalue weighted by atomic mass is 16.5. The minimum Gasteiger partial charge on any atom is -0.454 e. The number of esters is 1. The Bertz CT molecular complexity index is 233. The van der Waals surface area contributed by atoms with Gasteiger partial charge in [-0.05, 0) is 19.1 Å². The Kier molecular flexibility index (Phi) is 2.60. The van der Waals surface area contributed by atoms with Crippen molar-refractivity contribution < 1.29 is 9.53 Å². The molecule has 3 heteroatoms. The molecular formula is C8H8NO2. The lowest BCUT2D eigenvalue weighted by Gasteiger charge is -1.97. The Balaban J connectivity index is 2.69. The first kappa shape index (κ1) is 7.72. The fourth-order valence-corrected chi connectivity index (χ4v) is 0.651. The van der Waals surface area contributed by atoms with Crippen molar-refractivity contribution >= 4 is 5.97 Å². The maximum absolute atomic E-state index is 10.9. The van der Waals surface area contributed by atoms with Crippen molar-refractivity contribution in [3.8, 4) is 0 Å². The molecule has 0 aliphatic heterocycles. The van der Waals surface area contributed by atoms with Crippen LogP contribution in [-0.4, -0.2) is 11.0 Å². The molecular weight excluding hydrogens is 142 g/mol. The van der Waals surface area contributed by atoms with Crippen LogP contribution in [0.4, 0.5) is 0 Å². The summed E-state index contributed by atoms with van der Waals surface area (Å²) in [5, 5.41) is 0. The molecule has 1 rings (SSSR count). The molecule has 1 aromatic heterocycles. The van der Waals surface area contributed by atoms with Gasteiger partial charge in [-0.25, -0.2) is 9.78 Å². The van der Waals surface area contributed by atoms with Gasteiger partial charge in [0.25, 0.3) is 0 Å². The van der Waals surface area contributed by atoms with Gasteiger partial charge in [-0.3, -0.25) is 0 Å². The number of carbonyl (C=O) groups is 1. The van der Waals surface area contributed by atoms with E-state index >= 15 is 0 Å². The minimum absolute atomic E-state index is 0.325. The van der Waals surface area contributed by atoms with Crippen LogP contribution in [0, 0.1) is 6.61 Å². The molecule has 0 saturated heterocycles. The molecule has 0 saturated carbocycles. The standard InChI is InChI=1S/C8H8NO2/c1-2-11-8(10)7-5-3-4-6-9-7/h2-6H,1H3. The first-order valence-corrected chi connectivity index (χ1v) is 3.24. The molecule has 1 heterocycles. The van der Waals surface area contributed by atoms with Crippen LogP contribution in [0.25, 0.3) is 0 Å². The van der Waals surface area contributed by atoms with Crippen molar-refractivity contribution in [3.05, 3.63) is 36.7 Å². The second kappa shape index (κ2) is 3.71. The SMILES string of the molecule is C[CH]OC(=O)c1ccccn1. The van der Waals surface area contributed by atoms with Crippen molar-refractivity contribution in [1.29, 1.82) is 0 Å². The highest BCUT2D eigenvalue weighted by Crippen LogP contribution is 1.96. The van der Waals surface area contributed by atoms with Gasteiger partial charge in [0, 0.05) is 6.20 Å². The number of carbonyl (C=O) groups excluding carboxylic acids is 1. The summed E-state index contributed by atoms with van der Waals surface area (Å²) in [5.74, 6) is -0.423. The Labute approximate surface area is 65.0 Å². The van der Waals surface area contributed by atoms with E-state index in [1.54, 1.807) is 31.3 Å². The van der Waals surface area contributed by atoms with Crippen LogP contribution in [0.5, 0.6) is 0 Å². The molecule has 0 spiro atoms. The number of nitrogens with zero attached hydrogens (tertiary/aromatic N) is 1. The van der Waals surface area contributed by atoms with Gasteiger partial charge in [0.1, 0.15) is 12.3 Å². The van der Waals surface area contributed by atoms with Crippen LogP contribution in [0.2, 0.25) is 0 Å². The maximum atomic E-state index is 10.9. The van der Waals surface area contributed by atoms with Crippen LogP contribution in [0.1, 0.15) is 17.4 Å². The molecule has 1 aromatic rings. The predicted molar refractivity (Wildman–Crippen MR) is 39.6 cm³/mol. The molecule has 0 N–H and O–H groups in total. The molecule has 0 unspecified atom stereocenters. The van der Waals surface area contributed by atoms with Crippen molar-refractivity contribution in [2.75, 3.05) is 0 Å². The largest absolute Gasteiger partial charge is 0.454 e. The molecule has 0 atom stereocenters. The van der Waals surface area contributed by atoms with Crippen molar-refractivity contribution in [2.45, 2.75) is 6.92 Å². The highest BCUT2D eigenvalue weighted by molar-refractivity contribution is 5.87. The van der Waals surface area contributed by atoms with Gasteiger partial charge in [-0.1, -0.05) is 6.07 Å². The van der Waals surface area contributed by atoms with Crippen molar-refractivity contribution in [2.24, 2.45) is 0 Å². The monoisotopic (exact) mass is 150 g/mol. The summed E-state index contributed by atoms with van der Waals surface area (Å²) < 4.78 is 4.60. The second-order valence-corrected chi connectivity index (χ2v) is 1.86. The third-order valence-electron chi connectivity index (χ3n) is 1.10. The normalized spacial score (nSPS) is 9.18.